The fourth-order valence-corrected chi connectivity index (χ4v) is 2.24. The van der Waals surface area contributed by atoms with Crippen LogP contribution in [0.2, 0.25) is 0 Å². The largest absolute Gasteiger partial charge is 0.386 e. The Hall–Kier alpha value is -0.860. The summed E-state index contributed by atoms with van der Waals surface area (Å²) in [6, 6.07) is 4.20. The van der Waals surface area contributed by atoms with E-state index in [-0.39, 0.29) is 12.0 Å². The van der Waals surface area contributed by atoms with Crippen LogP contribution in [0.5, 0.6) is 0 Å². The van der Waals surface area contributed by atoms with Crippen LogP contribution in [0.3, 0.4) is 0 Å². The number of aliphatic hydroxyl groups excluding tert-OH is 1. The van der Waals surface area contributed by atoms with Gasteiger partial charge >= 0.3 is 0 Å². The van der Waals surface area contributed by atoms with Crippen LogP contribution in [0.15, 0.2) is 12.1 Å². The molecule has 1 aromatic rings. The van der Waals surface area contributed by atoms with E-state index in [1.54, 1.807) is 7.11 Å². The van der Waals surface area contributed by atoms with Crippen molar-refractivity contribution in [3.05, 3.63) is 34.4 Å². The Morgan fingerprint density at radius 2 is 1.53 bits per heavy atom. The first-order valence-corrected chi connectivity index (χ1v) is 6.17. The summed E-state index contributed by atoms with van der Waals surface area (Å²) in [6.45, 7) is 10.3. The van der Waals surface area contributed by atoms with Crippen LogP contribution in [0, 0.1) is 26.7 Å². The second kappa shape index (κ2) is 5.65. The van der Waals surface area contributed by atoms with Gasteiger partial charge in [-0.3, -0.25) is 0 Å². The number of benzene rings is 1. The minimum absolute atomic E-state index is 0.157. The Labute approximate surface area is 105 Å². The molecule has 2 nitrogen and oxygen atoms in total. The van der Waals surface area contributed by atoms with E-state index >= 15 is 0 Å². The van der Waals surface area contributed by atoms with Crippen molar-refractivity contribution >= 4 is 0 Å². The molecule has 2 atom stereocenters. The maximum atomic E-state index is 10.4. The monoisotopic (exact) mass is 236 g/mol. The lowest BCUT2D eigenvalue weighted by Gasteiger charge is -2.27. The zero-order valence-corrected chi connectivity index (χ0v) is 11.7. The third-order valence-corrected chi connectivity index (χ3v) is 3.44. The van der Waals surface area contributed by atoms with Crippen molar-refractivity contribution in [1.29, 1.82) is 0 Å². The number of ether oxygens (including phenoxy) is 1. The molecular formula is C15H24O2. The first kappa shape index (κ1) is 14.2. The Morgan fingerprint density at radius 1 is 1.00 bits per heavy atom. The highest BCUT2D eigenvalue weighted by molar-refractivity contribution is 5.38. The topological polar surface area (TPSA) is 29.5 Å². The van der Waals surface area contributed by atoms with Crippen molar-refractivity contribution in [1.82, 2.24) is 0 Å². The fourth-order valence-electron chi connectivity index (χ4n) is 2.24. The Bertz CT molecular complexity index is 383. The van der Waals surface area contributed by atoms with Gasteiger partial charge in [0.2, 0.25) is 0 Å². The smallest absolute Gasteiger partial charge is 0.106 e. The van der Waals surface area contributed by atoms with Gasteiger partial charge in [-0.1, -0.05) is 26.0 Å². The molecule has 96 valence electrons. The Morgan fingerprint density at radius 3 is 2.00 bits per heavy atom. The number of rotatable bonds is 4. The normalized spacial score (nSPS) is 15.1. The molecule has 0 heterocycles. The number of methoxy groups -OCH3 is 1. The lowest BCUT2D eigenvalue weighted by Crippen LogP contribution is -2.27. The molecule has 0 aromatic heterocycles. The van der Waals surface area contributed by atoms with Crippen LogP contribution in [0.25, 0.3) is 0 Å². The van der Waals surface area contributed by atoms with Crippen molar-refractivity contribution in [2.75, 3.05) is 7.11 Å². The number of aryl methyl sites for hydroxylation is 3. The van der Waals surface area contributed by atoms with Gasteiger partial charge in [0.1, 0.15) is 6.10 Å². The van der Waals surface area contributed by atoms with Crippen LogP contribution < -0.4 is 0 Å². The molecule has 1 aromatic carbocycles. The van der Waals surface area contributed by atoms with E-state index in [1.165, 1.54) is 11.1 Å². The maximum Gasteiger partial charge on any atom is 0.106 e. The molecule has 0 radical (unpaired) electrons. The zero-order chi connectivity index (χ0) is 13.2. The lowest BCUT2D eigenvalue weighted by molar-refractivity contribution is -0.0393. The van der Waals surface area contributed by atoms with Crippen LogP contribution in [0.1, 0.15) is 42.2 Å². The van der Waals surface area contributed by atoms with E-state index in [4.69, 9.17) is 4.74 Å². The summed E-state index contributed by atoms with van der Waals surface area (Å²) in [4.78, 5) is 0. The Kier molecular flexibility index (Phi) is 4.72. The molecule has 1 N–H and O–H groups in total. The van der Waals surface area contributed by atoms with Crippen molar-refractivity contribution in [3.63, 3.8) is 0 Å². The van der Waals surface area contributed by atoms with E-state index in [2.05, 4.69) is 39.8 Å². The standard InChI is InChI=1S/C15H24O2/c1-9(2)15(17-6)14(16)13-8-11(4)10(3)7-12(13)5/h7-9,14-16H,1-6H3. The summed E-state index contributed by atoms with van der Waals surface area (Å²) in [6.07, 6.45) is -0.713. The predicted octanol–water partition coefficient (Wildman–Crippen LogP) is 3.32. The second-order valence-electron chi connectivity index (χ2n) is 5.18. The van der Waals surface area contributed by atoms with E-state index in [0.717, 1.165) is 11.1 Å². The highest BCUT2D eigenvalue weighted by atomic mass is 16.5. The lowest BCUT2D eigenvalue weighted by atomic mass is 9.91. The third kappa shape index (κ3) is 3.08. The first-order valence-electron chi connectivity index (χ1n) is 6.17. The summed E-state index contributed by atoms with van der Waals surface area (Å²) in [5.41, 5.74) is 4.58. The van der Waals surface area contributed by atoms with Crippen molar-refractivity contribution in [3.8, 4) is 0 Å². The molecule has 17 heavy (non-hydrogen) atoms. The molecule has 0 saturated carbocycles. The van der Waals surface area contributed by atoms with E-state index < -0.39 is 6.10 Å². The molecule has 2 unspecified atom stereocenters. The van der Waals surface area contributed by atoms with Crippen LogP contribution in [0.4, 0.5) is 0 Å². The van der Waals surface area contributed by atoms with E-state index in [9.17, 15) is 5.11 Å². The molecule has 0 spiro atoms. The van der Waals surface area contributed by atoms with Gasteiger partial charge < -0.3 is 9.84 Å². The molecule has 0 amide bonds. The number of hydrogen-bond donors (Lipinski definition) is 1. The summed E-state index contributed by atoms with van der Waals surface area (Å²) in [5, 5.41) is 10.4. The minimum atomic E-state index is -0.556. The Balaban J connectivity index is 3.11. The predicted molar refractivity (Wildman–Crippen MR) is 71.2 cm³/mol. The highest BCUT2D eigenvalue weighted by Gasteiger charge is 2.25. The van der Waals surface area contributed by atoms with Crippen molar-refractivity contribution in [2.24, 2.45) is 5.92 Å². The molecule has 0 bridgehead atoms. The van der Waals surface area contributed by atoms with Gasteiger partial charge in [0.15, 0.2) is 0 Å². The average Bonchev–Trinajstić information content (AvgIpc) is 2.23. The highest BCUT2D eigenvalue weighted by Crippen LogP contribution is 2.28. The molecule has 0 saturated heterocycles. The van der Waals surface area contributed by atoms with Gasteiger partial charge in [0.05, 0.1) is 6.10 Å². The first-order chi connectivity index (χ1) is 7.88. The molecule has 2 heteroatoms. The summed E-state index contributed by atoms with van der Waals surface area (Å²) < 4.78 is 5.40. The van der Waals surface area contributed by atoms with Gasteiger partial charge in [-0.05, 0) is 48.9 Å². The average molecular weight is 236 g/mol. The van der Waals surface area contributed by atoms with Crippen LogP contribution >= 0.6 is 0 Å². The summed E-state index contributed by atoms with van der Waals surface area (Å²) in [7, 11) is 1.66. The minimum Gasteiger partial charge on any atom is -0.386 e. The second-order valence-corrected chi connectivity index (χ2v) is 5.18. The van der Waals surface area contributed by atoms with Gasteiger partial charge in [-0.15, -0.1) is 0 Å². The number of aliphatic hydroxyl groups is 1. The fraction of sp³-hybridized carbons (Fsp3) is 0.600. The number of hydrogen-bond acceptors (Lipinski definition) is 2. The molecule has 0 aliphatic rings. The van der Waals surface area contributed by atoms with Crippen LogP contribution in [-0.2, 0) is 4.74 Å². The summed E-state index contributed by atoms with van der Waals surface area (Å²) >= 11 is 0. The quantitative estimate of drug-likeness (QED) is 0.869. The van der Waals surface area contributed by atoms with Crippen molar-refractivity contribution < 1.29 is 9.84 Å². The molecule has 1 rings (SSSR count). The molecule has 0 fully saturated rings. The zero-order valence-electron chi connectivity index (χ0n) is 11.7. The van der Waals surface area contributed by atoms with E-state index in [1.807, 2.05) is 6.92 Å². The SMILES string of the molecule is COC(C(C)C)C(O)c1cc(C)c(C)cc1C. The van der Waals surface area contributed by atoms with Gasteiger partial charge in [0, 0.05) is 7.11 Å². The van der Waals surface area contributed by atoms with Gasteiger partial charge in [-0.25, -0.2) is 0 Å². The van der Waals surface area contributed by atoms with Crippen molar-refractivity contribution in [2.45, 2.75) is 46.8 Å². The van der Waals surface area contributed by atoms with E-state index in [0.29, 0.717) is 0 Å². The summed E-state index contributed by atoms with van der Waals surface area (Å²) in [5.74, 6) is 0.288. The molecular weight excluding hydrogens is 212 g/mol. The third-order valence-electron chi connectivity index (χ3n) is 3.44. The van der Waals surface area contributed by atoms with Crippen LogP contribution in [-0.4, -0.2) is 18.3 Å². The maximum absolute atomic E-state index is 10.4. The molecule has 0 aliphatic heterocycles. The van der Waals surface area contributed by atoms with Gasteiger partial charge in [0.25, 0.3) is 0 Å². The molecule has 0 aliphatic carbocycles. The van der Waals surface area contributed by atoms with Gasteiger partial charge in [-0.2, -0.15) is 0 Å².